The molecule has 1 atom stereocenters. The third kappa shape index (κ3) is 4.58. The summed E-state index contributed by atoms with van der Waals surface area (Å²) in [5.74, 6) is -0.333. The van der Waals surface area contributed by atoms with E-state index in [0.29, 0.717) is 12.1 Å². The van der Waals surface area contributed by atoms with Crippen LogP contribution in [0.2, 0.25) is 0 Å². The molecule has 0 bridgehead atoms. The van der Waals surface area contributed by atoms with E-state index in [-0.39, 0.29) is 17.4 Å². The lowest BCUT2D eigenvalue weighted by Crippen LogP contribution is -2.25. The lowest BCUT2D eigenvalue weighted by Gasteiger charge is -2.11. The molecule has 158 valence electrons. The zero-order chi connectivity index (χ0) is 22.0. The minimum absolute atomic E-state index is 0.0182. The maximum absolute atomic E-state index is 13.3. The number of hydrogen-bond donors (Lipinski definition) is 2. The number of hydrogen-bond acceptors (Lipinski definition) is 2. The van der Waals surface area contributed by atoms with E-state index in [1.54, 1.807) is 12.1 Å². The second-order valence-corrected chi connectivity index (χ2v) is 7.10. The molecule has 3 aromatic carbocycles. The van der Waals surface area contributed by atoms with Gasteiger partial charge < -0.3 is 5.32 Å². The van der Waals surface area contributed by atoms with Crippen molar-refractivity contribution in [2.45, 2.75) is 18.5 Å². The van der Waals surface area contributed by atoms with Crippen LogP contribution in [0.4, 0.5) is 28.0 Å². The van der Waals surface area contributed by atoms with E-state index in [1.165, 1.54) is 24.3 Å². The molecule has 0 radical (unpaired) electrons. The van der Waals surface area contributed by atoms with E-state index in [9.17, 15) is 22.4 Å². The quantitative estimate of drug-likeness (QED) is 0.397. The molecule has 3 aromatic rings. The van der Waals surface area contributed by atoms with Crippen LogP contribution in [0.5, 0.6) is 0 Å². The summed E-state index contributed by atoms with van der Waals surface area (Å²) in [5.41, 5.74) is 5.31. The fourth-order valence-corrected chi connectivity index (χ4v) is 3.60. The van der Waals surface area contributed by atoms with Gasteiger partial charge in [-0.05, 0) is 47.5 Å². The summed E-state index contributed by atoms with van der Waals surface area (Å²) in [7, 11) is 0. The van der Waals surface area contributed by atoms with Crippen molar-refractivity contribution in [3.8, 4) is 0 Å². The van der Waals surface area contributed by atoms with Gasteiger partial charge in [0.25, 0.3) is 0 Å². The standard InChI is InChI=1S/C23H17F4N3O/c24-16-9-5-14(6-10-16)20-13-21(19-4-2-1-3-18(19)20)29-30-22(31)28-17-11-7-15(8-12-17)23(25,26)27/h1-12,20H,13H2,(H2,28,30,31). The Kier molecular flexibility index (Phi) is 5.46. The Bertz CT molecular complexity index is 1120. The van der Waals surface area contributed by atoms with Crippen molar-refractivity contribution in [1.29, 1.82) is 0 Å². The minimum atomic E-state index is -4.44. The van der Waals surface area contributed by atoms with Crippen molar-refractivity contribution in [2.24, 2.45) is 5.10 Å². The number of benzene rings is 3. The minimum Gasteiger partial charge on any atom is -0.307 e. The first-order chi connectivity index (χ1) is 14.8. The normalized spacial score (nSPS) is 16.8. The van der Waals surface area contributed by atoms with Gasteiger partial charge in [-0.2, -0.15) is 18.3 Å². The largest absolute Gasteiger partial charge is 0.416 e. The molecule has 0 fully saturated rings. The van der Waals surface area contributed by atoms with Gasteiger partial charge in [-0.15, -0.1) is 0 Å². The molecule has 2 amide bonds. The fourth-order valence-electron chi connectivity index (χ4n) is 3.60. The van der Waals surface area contributed by atoms with E-state index in [4.69, 9.17) is 0 Å². The molecule has 4 rings (SSSR count). The van der Waals surface area contributed by atoms with Crippen LogP contribution in [0.3, 0.4) is 0 Å². The van der Waals surface area contributed by atoms with Crippen molar-refractivity contribution in [2.75, 3.05) is 5.32 Å². The number of carbonyl (C=O) groups is 1. The van der Waals surface area contributed by atoms with Crippen LogP contribution in [-0.2, 0) is 6.18 Å². The highest BCUT2D eigenvalue weighted by atomic mass is 19.4. The van der Waals surface area contributed by atoms with Crippen molar-refractivity contribution < 1.29 is 22.4 Å². The van der Waals surface area contributed by atoms with E-state index in [0.717, 1.165) is 28.8 Å². The van der Waals surface area contributed by atoms with Crippen LogP contribution in [0.1, 0.15) is 34.6 Å². The molecule has 0 saturated heterocycles. The number of nitrogens with one attached hydrogen (secondary N) is 2. The molecule has 8 heteroatoms. The number of alkyl halides is 3. The van der Waals surface area contributed by atoms with Crippen LogP contribution in [0.25, 0.3) is 0 Å². The number of amides is 2. The lowest BCUT2D eigenvalue weighted by molar-refractivity contribution is -0.137. The van der Waals surface area contributed by atoms with Gasteiger partial charge in [0, 0.05) is 23.6 Å². The van der Waals surface area contributed by atoms with Gasteiger partial charge in [0.05, 0.1) is 11.3 Å². The van der Waals surface area contributed by atoms with E-state index in [1.807, 2.05) is 24.3 Å². The number of fused-ring (bicyclic) bond motifs is 1. The summed E-state index contributed by atoms with van der Waals surface area (Å²) >= 11 is 0. The summed E-state index contributed by atoms with van der Waals surface area (Å²) < 4.78 is 51.2. The predicted octanol–water partition coefficient (Wildman–Crippen LogP) is 5.91. The highest BCUT2D eigenvalue weighted by Gasteiger charge is 2.30. The Labute approximate surface area is 175 Å². The van der Waals surface area contributed by atoms with Gasteiger partial charge in [0.1, 0.15) is 5.82 Å². The predicted molar refractivity (Wildman–Crippen MR) is 109 cm³/mol. The molecule has 2 N–H and O–H groups in total. The maximum Gasteiger partial charge on any atom is 0.416 e. The average Bonchev–Trinajstić information content (AvgIpc) is 3.11. The molecule has 0 saturated carbocycles. The monoisotopic (exact) mass is 427 g/mol. The van der Waals surface area contributed by atoms with Gasteiger partial charge in [0.15, 0.2) is 0 Å². The summed E-state index contributed by atoms with van der Waals surface area (Å²) in [6, 6.07) is 17.4. The average molecular weight is 427 g/mol. The van der Waals surface area contributed by atoms with Crippen molar-refractivity contribution >= 4 is 17.4 Å². The molecule has 31 heavy (non-hydrogen) atoms. The number of halogens is 4. The Morgan fingerprint density at radius 2 is 1.61 bits per heavy atom. The smallest absolute Gasteiger partial charge is 0.307 e. The van der Waals surface area contributed by atoms with Crippen molar-refractivity contribution in [1.82, 2.24) is 5.43 Å². The molecule has 1 aliphatic rings. The molecule has 1 aliphatic carbocycles. The molecule has 0 aliphatic heterocycles. The number of nitrogens with zero attached hydrogens (tertiary/aromatic N) is 1. The van der Waals surface area contributed by atoms with E-state index >= 15 is 0 Å². The first-order valence-corrected chi connectivity index (χ1v) is 9.47. The van der Waals surface area contributed by atoms with E-state index < -0.39 is 17.8 Å². The highest BCUT2D eigenvalue weighted by Crippen LogP contribution is 2.38. The van der Waals surface area contributed by atoms with E-state index in [2.05, 4.69) is 15.8 Å². The zero-order valence-electron chi connectivity index (χ0n) is 16.1. The van der Waals surface area contributed by atoms with Gasteiger partial charge >= 0.3 is 12.2 Å². The van der Waals surface area contributed by atoms with Crippen molar-refractivity contribution in [3.05, 3.63) is 101 Å². The summed E-state index contributed by atoms with van der Waals surface area (Å²) in [6.07, 6.45) is -3.92. The Morgan fingerprint density at radius 3 is 2.29 bits per heavy atom. The topological polar surface area (TPSA) is 53.5 Å². The molecule has 0 aromatic heterocycles. The van der Waals surface area contributed by atoms with Crippen LogP contribution >= 0.6 is 0 Å². The number of urea groups is 1. The third-order valence-electron chi connectivity index (χ3n) is 5.08. The highest BCUT2D eigenvalue weighted by molar-refractivity contribution is 6.06. The second-order valence-electron chi connectivity index (χ2n) is 7.10. The second kappa shape index (κ2) is 8.22. The summed E-state index contributed by atoms with van der Waals surface area (Å²) in [6.45, 7) is 0. The summed E-state index contributed by atoms with van der Waals surface area (Å²) in [5, 5.41) is 6.66. The van der Waals surface area contributed by atoms with Gasteiger partial charge in [-0.25, -0.2) is 14.6 Å². The number of carbonyl (C=O) groups excluding carboxylic acids is 1. The Morgan fingerprint density at radius 1 is 0.935 bits per heavy atom. The maximum atomic E-state index is 13.3. The molecule has 4 nitrogen and oxygen atoms in total. The molecular formula is C23H17F4N3O. The van der Waals surface area contributed by atoms with Crippen LogP contribution in [0.15, 0.2) is 77.9 Å². The number of anilines is 1. The lowest BCUT2D eigenvalue weighted by atomic mass is 9.93. The number of rotatable bonds is 3. The van der Waals surface area contributed by atoms with Crippen LogP contribution < -0.4 is 10.7 Å². The van der Waals surface area contributed by atoms with Gasteiger partial charge in [-0.1, -0.05) is 36.4 Å². The Balaban J connectivity index is 1.47. The Hall–Kier alpha value is -3.68. The third-order valence-corrected chi connectivity index (χ3v) is 5.08. The first-order valence-electron chi connectivity index (χ1n) is 9.47. The van der Waals surface area contributed by atoms with Crippen LogP contribution in [0, 0.1) is 5.82 Å². The SMILES string of the molecule is O=C(NN=C1CC(c2ccc(F)cc2)c2ccccc21)Nc1ccc(C(F)(F)F)cc1. The summed E-state index contributed by atoms with van der Waals surface area (Å²) in [4.78, 5) is 12.2. The van der Waals surface area contributed by atoms with Crippen molar-refractivity contribution in [3.63, 3.8) is 0 Å². The molecule has 0 heterocycles. The number of hydrazone groups is 1. The zero-order valence-corrected chi connectivity index (χ0v) is 16.1. The fraction of sp³-hybridized carbons (Fsp3) is 0.130. The molecule has 0 spiro atoms. The van der Waals surface area contributed by atoms with Gasteiger partial charge in [-0.3, -0.25) is 0 Å². The first kappa shape index (κ1) is 20.6. The van der Waals surface area contributed by atoms with Crippen LogP contribution in [-0.4, -0.2) is 11.7 Å². The van der Waals surface area contributed by atoms with Gasteiger partial charge in [0.2, 0.25) is 0 Å². The molecule has 1 unspecified atom stereocenters. The molecular weight excluding hydrogens is 410 g/mol.